The van der Waals surface area contributed by atoms with E-state index in [1.165, 1.54) is 17.6 Å². The van der Waals surface area contributed by atoms with Crippen LogP contribution in [0.3, 0.4) is 0 Å². The predicted molar refractivity (Wildman–Crippen MR) is 105 cm³/mol. The molecule has 7 nitrogen and oxygen atoms in total. The van der Waals surface area contributed by atoms with Gasteiger partial charge in [-0.3, -0.25) is 4.79 Å². The van der Waals surface area contributed by atoms with Crippen LogP contribution in [-0.2, 0) is 4.79 Å². The highest BCUT2D eigenvalue weighted by Gasteiger charge is 2.23. The van der Waals surface area contributed by atoms with E-state index in [1.54, 1.807) is 6.20 Å². The molecule has 1 aliphatic rings. The van der Waals surface area contributed by atoms with Gasteiger partial charge in [-0.1, -0.05) is 18.2 Å². The molecule has 2 aromatic heterocycles. The first-order chi connectivity index (χ1) is 12.5. The van der Waals surface area contributed by atoms with Crippen molar-refractivity contribution in [2.24, 2.45) is 0 Å². The Morgan fingerprint density at radius 2 is 2.23 bits per heavy atom. The van der Waals surface area contributed by atoms with Gasteiger partial charge < -0.3 is 16.0 Å². The summed E-state index contributed by atoms with van der Waals surface area (Å²) in [6, 6.07) is 2.25. The van der Waals surface area contributed by atoms with Crippen LogP contribution in [-0.4, -0.2) is 32.3 Å². The zero-order valence-corrected chi connectivity index (χ0v) is 16.0. The van der Waals surface area contributed by atoms with Crippen molar-refractivity contribution in [1.29, 1.82) is 0 Å². The largest absolute Gasteiger partial charge is 0.366 e. The molecule has 0 spiro atoms. The minimum Gasteiger partial charge on any atom is -0.366 e. The first-order valence-corrected chi connectivity index (χ1v) is 9.61. The lowest BCUT2D eigenvalue weighted by Crippen LogP contribution is -2.41. The molecular formula is C17H21ClN6OS. The van der Waals surface area contributed by atoms with Crippen molar-refractivity contribution >= 4 is 45.8 Å². The third-order valence-corrected chi connectivity index (χ3v) is 5.23. The molecule has 0 bridgehead atoms. The van der Waals surface area contributed by atoms with Gasteiger partial charge in [0.2, 0.25) is 11.9 Å². The Bertz CT molecular complexity index is 795. The van der Waals surface area contributed by atoms with Crippen LogP contribution in [0.25, 0.3) is 0 Å². The van der Waals surface area contributed by atoms with Crippen molar-refractivity contribution in [1.82, 2.24) is 19.7 Å². The summed E-state index contributed by atoms with van der Waals surface area (Å²) in [6.45, 7) is 5.43. The van der Waals surface area contributed by atoms with Gasteiger partial charge in [0.25, 0.3) is 0 Å². The van der Waals surface area contributed by atoms with Gasteiger partial charge in [-0.2, -0.15) is 9.36 Å². The molecule has 3 N–H and O–H groups in total. The third-order valence-electron chi connectivity index (χ3n) is 4.15. The minimum absolute atomic E-state index is 0.130. The zero-order valence-electron chi connectivity index (χ0n) is 14.5. The van der Waals surface area contributed by atoms with Crippen molar-refractivity contribution in [2.45, 2.75) is 44.7 Å². The van der Waals surface area contributed by atoms with E-state index >= 15 is 0 Å². The van der Waals surface area contributed by atoms with Crippen molar-refractivity contribution in [3.63, 3.8) is 0 Å². The fourth-order valence-corrected chi connectivity index (χ4v) is 3.77. The number of carbonyl (C=O) groups excluding carboxylic acids is 1. The molecule has 3 rings (SSSR count). The maximum atomic E-state index is 11.5. The molecule has 0 radical (unpaired) electrons. The van der Waals surface area contributed by atoms with Gasteiger partial charge >= 0.3 is 0 Å². The van der Waals surface area contributed by atoms with Crippen molar-refractivity contribution in [2.75, 3.05) is 10.6 Å². The molecule has 2 atom stereocenters. The topological polar surface area (TPSA) is 91.8 Å². The van der Waals surface area contributed by atoms with Crippen LogP contribution in [0.5, 0.6) is 0 Å². The van der Waals surface area contributed by atoms with E-state index in [0.29, 0.717) is 16.8 Å². The van der Waals surface area contributed by atoms with Gasteiger partial charge in [0.15, 0.2) is 5.82 Å². The highest BCUT2D eigenvalue weighted by Crippen LogP contribution is 2.27. The van der Waals surface area contributed by atoms with Gasteiger partial charge in [-0.05, 0) is 56.3 Å². The molecular weight excluding hydrogens is 372 g/mol. The van der Waals surface area contributed by atoms with E-state index in [9.17, 15) is 4.79 Å². The molecule has 1 aliphatic carbocycles. The lowest BCUT2D eigenvalue weighted by Gasteiger charge is -2.30. The molecule has 138 valence electrons. The third kappa shape index (κ3) is 4.92. The van der Waals surface area contributed by atoms with E-state index < -0.39 is 0 Å². The summed E-state index contributed by atoms with van der Waals surface area (Å²) in [6.07, 6.45) is 6.68. The van der Waals surface area contributed by atoms with E-state index in [-0.39, 0.29) is 18.0 Å². The second-order valence-electron chi connectivity index (χ2n) is 6.27. The van der Waals surface area contributed by atoms with Gasteiger partial charge in [-0.25, -0.2) is 4.98 Å². The Hall–Kier alpha value is -2.19. The van der Waals surface area contributed by atoms with E-state index in [0.717, 1.165) is 36.4 Å². The molecule has 26 heavy (non-hydrogen) atoms. The summed E-state index contributed by atoms with van der Waals surface area (Å²) in [5.74, 6) is 0.918. The molecule has 1 amide bonds. The highest BCUT2D eigenvalue weighted by molar-refractivity contribution is 7.10. The maximum Gasteiger partial charge on any atom is 0.243 e. The summed E-state index contributed by atoms with van der Waals surface area (Å²) in [5, 5.41) is 10.8. The summed E-state index contributed by atoms with van der Waals surface area (Å²) in [5.41, 5.74) is 0.944. The maximum absolute atomic E-state index is 11.5. The summed E-state index contributed by atoms with van der Waals surface area (Å²) < 4.78 is 4.23. The molecule has 0 aromatic carbocycles. The molecule has 2 unspecified atom stereocenters. The first-order valence-electron chi connectivity index (χ1n) is 8.46. The first kappa shape index (κ1) is 18.6. The Morgan fingerprint density at radius 1 is 1.42 bits per heavy atom. The molecule has 2 aromatic rings. The standard InChI is InChI=1S/C17H21ClN6OS/c1-3-14(25)20-11-5-4-6-12(8-11)21-16-13(18)9-19-17(23-16)22-15-7-10(2)24-26-15/h3,7,9,11-12H,1,4-6,8H2,2H3,(H,20,25)(H2,19,21,22,23). The highest BCUT2D eigenvalue weighted by atomic mass is 35.5. The summed E-state index contributed by atoms with van der Waals surface area (Å²) in [4.78, 5) is 20.2. The SMILES string of the molecule is C=CC(=O)NC1CCCC(Nc2nc(Nc3cc(C)ns3)ncc2Cl)C1. The van der Waals surface area contributed by atoms with Crippen LogP contribution in [0.1, 0.15) is 31.4 Å². The second-order valence-corrected chi connectivity index (χ2v) is 7.48. The second kappa shape index (κ2) is 8.46. The van der Waals surface area contributed by atoms with Gasteiger partial charge in [-0.15, -0.1) is 0 Å². The van der Waals surface area contributed by atoms with Crippen LogP contribution >= 0.6 is 23.1 Å². The van der Waals surface area contributed by atoms with Gasteiger partial charge in [0, 0.05) is 12.1 Å². The number of rotatable bonds is 6. The van der Waals surface area contributed by atoms with Crippen molar-refractivity contribution in [3.8, 4) is 0 Å². The van der Waals surface area contributed by atoms with Crippen LogP contribution in [0.2, 0.25) is 5.02 Å². The lowest BCUT2D eigenvalue weighted by atomic mass is 9.91. The number of hydrogen-bond acceptors (Lipinski definition) is 7. The number of nitrogens with zero attached hydrogens (tertiary/aromatic N) is 3. The van der Waals surface area contributed by atoms with Gasteiger partial charge in [0.1, 0.15) is 10.0 Å². The smallest absolute Gasteiger partial charge is 0.243 e. The fraction of sp³-hybridized carbons (Fsp3) is 0.412. The number of hydrogen-bond donors (Lipinski definition) is 3. The summed E-state index contributed by atoms with van der Waals surface area (Å²) in [7, 11) is 0. The molecule has 1 saturated carbocycles. The van der Waals surface area contributed by atoms with E-state index in [1.807, 2.05) is 13.0 Å². The molecule has 0 aliphatic heterocycles. The van der Waals surface area contributed by atoms with Crippen LogP contribution in [0, 0.1) is 6.92 Å². The Morgan fingerprint density at radius 3 is 2.96 bits per heavy atom. The van der Waals surface area contributed by atoms with E-state index in [2.05, 4.69) is 36.9 Å². The fourth-order valence-electron chi connectivity index (χ4n) is 2.97. The molecule has 9 heteroatoms. The van der Waals surface area contributed by atoms with Crippen LogP contribution < -0.4 is 16.0 Å². The average molecular weight is 393 g/mol. The number of aromatic nitrogens is 3. The van der Waals surface area contributed by atoms with Crippen LogP contribution in [0.4, 0.5) is 16.8 Å². The van der Waals surface area contributed by atoms with E-state index in [4.69, 9.17) is 11.6 Å². The van der Waals surface area contributed by atoms with Crippen molar-refractivity contribution in [3.05, 3.63) is 35.6 Å². The number of amides is 1. The molecule has 0 saturated heterocycles. The average Bonchev–Trinajstić information content (AvgIpc) is 3.03. The minimum atomic E-state index is -0.137. The van der Waals surface area contributed by atoms with Crippen molar-refractivity contribution < 1.29 is 4.79 Å². The number of anilines is 3. The quantitative estimate of drug-likeness (QED) is 0.650. The number of aryl methyl sites for hydroxylation is 1. The Labute approximate surface area is 161 Å². The molecule has 2 heterocycles. The Balaban J connectivity index is 1.65. The Kier molecular flexibility index (Phi) is 6.05. The van der Waals surface area contributed by atoms with Crippen LogP contribution in [0.15, 0.2) is 24.9 Å². The van der Waals surface area contributed by atoms with Gasteiger partial charge in [0.05, 0.1) is 11.9 Å². The summed E-state index contributed by atoms with van der Waals surface area (Å²) >= 11 is 7.61. The number of carbonyl (C=O) groups is 1. The normalized spacial score (nSPS) is 19.6. The number of halogens is 1. The molecule has 1 fully saturated rings. The number of nitrogens with one attached hydrogen (secondary N) is 3. The lowest BCUT2D eigenvalue weighted by molar-refractivity contribution is -0.117. The predicted octanol–water partition coefficient (Wildman–Crippen LogP) is 3.66. The monoisotopic (exact) mass is 392 g/mol. The zero-order chi connectivity index (χ0) is 18.5.